The molecule has 80 valence electrons. The van der Waals surface area contributed by atoms with Crippen LogP contribution in [-0.2, 0) is 9.59 Å². The van der Waals surface area contributed by atoms with Crippen LogP contribution in [0.15, 0.2) is 0 Å². The molecule has 0 saturated carbocycles. The first-order chi connectivity index (χ1) is 6.52. The number of hydrogen-bond acceptors (Lipinski definition) is 3. The second kappa shape index (κ2) is 4.21. The number of nitrogens with zero attached hydrogens (tertiary/aromatic N) is 1. The largest absolute Gasteiger partial charge is 0.480 e. The summed E-state index contributed by atoms with van der Waals surface area (Å²) in [5, 5.41) is 9.05. The Morgan fingerprint density at radius 3 is 2.71 bits per heavy atom. The maximum atomic E-state index is 11.6. The topological polar surface area (TPSA) is 57.6 Å². The number of rotatable bonds is 3. The van der Waals surface area contributed by atoms with Crippen LogP contribution < -0.4 is 0 Å². The summed E-state index contributed by atoms with van der Waals surface area (Å²) in [6.45, 7) is 2.16. The van der Waals surface area contributed by atoms with Gasteiger partial charge in [-0.05, 0) is 25.5 Å². The highest BCUT2D eigenvalue weighted by Gasteiger charge is 2.45. The van der Waals surface area contributed by atoms with Crippen LogP contribution in [0.1, 0.15) is 26.2 Å². The molecule has 0 aromatic carbocycles. The normalized spacial score (nSPS) is 26.6. The van der Waals surface area contributed by atoms with Gasteiger partial charge in [-0.1, -0.05) is 0 Å². The number of thiol groups is 1. The van der Waals surface area contributed by atoms with Gasteiger partial charge in [-0.2, -0.15) is 12.6 Å². The number of aliphatic carboxylic acids is 1. The number of likely N-dealkylation sites (tertiary alicyclic amines) is 1. The van der Waals surface area contributed by atoms with Gasteiger partial charge in [0.15, 0.2) is 0 Å². The van der Waals surface area contributed by atoms with Crippen molar-refractivity contribution < 1.29 is 14.7 Å². The Hall–Kier alpha value is -0.710. The van der Waals surface area contributed by atoms with E-state index in [4.69, 9.17) is 5.11 Å². The van der Waals surface area contributed by atoms with E-state index in [9.17, 15) is 9.59 Å². The highest BCUT2D eigenvalue weighted by molar-refractivity contribution is 7.80. The van der Waals surface area contributed by atoms with Gasteiger partial charge >= 0.3 is 5.97 Å². The molecule has 4 nitrogen and oxygen atoms in total. The van der Waals surface area contributed by atoms with Crippen LogP contribution in [0.5, 0.6) is 0 Å². The van der Waals surface area contributed by atoms with Gasteiger partial charge in [0.2, 0.25) is 5.91 Å². The molecule has 0 unspecified atom stereocenters. The number of carboxylic acid groups (broad SMARTS) is 1. The zero-order chi connectivity index (χ0) is 10.8. The van der Waals surface area contributed by atoms with Crippen LogP contribution in [0.25, 0.3) is 0 Å². The Morgan fingerprint density at radius 2 is 2.21 bits per heavy atom. The van der Waals surface area contributed by atoms with Crippen molar-refractivity contribution in [3.8, 4) is 0 Å². The van der Waals surface area contributed by atoms with Gasteiger partial charge in [0, 0.05) is 13.0 Å². The SMILES string of the molecule is C[C@@]1(C(=O)O)CCCN1C(=O)CCS. The molecule has 1 rings (SSSR count). The lowest BCUT2D eigenvalue weighted by Gasteiger charge is -2.31. The molecule has 5 heteroatoms. The van der Waals surface area contributed by atoms with E-state index in [1.165, 1.54) is 4.90 Å². The van der Waals surface area contributed by atoms with Crippen LogP contribution in [0.4, 0.5) is 0 Å². The van der Waals surface area contributed by atoms with Gasteiger partial charge in [-0.3, -0.25) is 4.79 Å². The Balaban J connectivity index is 2.77. The quantitative estimate of drug-likeness (QED) is 0.687. The minimum Gasteiger partial charge on any atom is -0.480 e. The predicted molar refractivity (Wildman–Crippen MR) is 55.5 cm³/mol. The lowest BCUT2D eigenvalue weighted by atomic mass is 9.99. The monoisotopic (exact) mass is 217 g/mol. The molecule has 0 spiro atoms. The Kier molecular flexibility index (Phi) is 3.42. The van der Waals surface area contributed by atoms with Crippen LogP contribution >= 0.6 is 12.6 Å². The lowest BCUT2D eigenvalue weighted by Crippen LogP contribution is -2.50. The second-order valence-corrected chi connectivity index (χ2v) is 4.15. The average Bonchev–Trinajstić information content (AvgIpc) is 2.49. The number of hydrogen-bond donors (Lipinski definition) is 2. The third kappa shape index (κ3) is 1.87. The molecule has 1 saturated heterocycles. The Labute approximate surface area is 88.7 Å². The summed E-state index contributed by atoms with van der Waals surface area (Å²) in [4.78, 5) is 24.1. The van der Waals surface area contributed by atoms with Crippen molar-refractivity contribution in [3.63, 3.8) is 0 Å². The molecular formula is C9H15NO3S. The van der Waals surface area contributed by atoms with Gasteiger partial charge in [0.05, 0.1) is 0 Å². The molecule has 0 aliphatic carbocycles. The summed E-state index contributed by atoms with van der Waals surface area (Å²) in [7, 11) is 0. The molecule has 1 fully saturated rings. The fourth-order valence-corrected chi connectivity index (χ4v) is 2.01. The molecule has 1 atom stereocenters. The summed E-state index contributed by atoms with van der Waals surface area (Å²) in [5.41, 5.74) is -1.000. The molecule has 0 bridgehead atoms. The molecule has 1 aliphatic rings. The van der Waals surface area contributed by atoms with Crippen molar-refractivity contribution in [3.05, 3.63) is 0 Å². The van der Waals surface area contributed by atoms with E-state index >= 15 is 0 Å². The first-order valence-electron chi connectivity index (χ1n) is 4.67. The zero-order valence-corrected chi connectivity index (χ0v) is 9.09. The Morgan fingerprint density at radius 1 is 1.57 bits per heavy atom. The first kappa shape index (κ1) is 11.4. The van der Waals surface area contributed by atoms with E-state index in [1.54, 1.807) is 6.92 Å². The molecule has 1 N–H and O–H groups in total. The number of amides is 1. The van der Waals surface area contributed by atoms with Gasteiger partial charge in [-0.25, -0.2) is 4.79 Å². The maximum Gasteiger partial charge on any atom is 0.329 e. The summed E-state index contributed by atoms with van der Waals surface area (Å²) in [6, 6.07) is 0. The van der Waals surface area contributed by atoms with Crippen molar-refractivity contribution >= 4 is 24.5 Å². The van der Waals surface area contributed by atoms with Gasteiger partial charge in [-0.15, -0.1) is 0 Å². The van der Waals surface area contributed by atoms with E-state index in [0.717, 1.165) is 6.42 Å². The van der Waals surface area contributed by atoms with Gasteiger partial charge in [0.1, 0.15) is 5.54 Å². The van der Waals surface area contributed by atoms with E-state index in [-0.39, 0.29) is 5.91 Å². The number of carbonyl (C=O) groups is 2. The van der Waals surface area contributed by atoms with Crippen molar-refractivity contribution in [1.29, 1.82) is 0 Å². The molecular weight excluding hydrogens is 202 g/mol. The van der Waals surface area contributed by atoms with Crippen molar-refractivity contribution in [1.82, 2.24) is 4.90 Å². The average molecular weight is 217 g/mol. The third-order valence-electron chi connectivity index (χ3n) is 2.73. The molecule has 0 aromatic rings. The number of carboxylic acids is 1. The second-order valence-electron chi connectivity index (χ2n) is 3.70. The van der Waals surface area contributed by atoms with Crippen molar-refractivity contribution in [2.24, 2.45) is 0 Å². The molecule has 0 radical (unpaired) electrons. The molecule has 14 heavy (non-hydrogen) atoms. The predicted octanol–water partition coefficient (Wildman–Crippen LogP) is 0.772. The number of carbonyl (C=O) groups excluding carboxylic acids is 1. The van der Waals surface area contributed by atoms with Crippen molar-refractivity contribution in [2.45, 2.75) is 31.7 Å². The fourth-order valence-electron chi connectivity index (χ4n) is 1.82. The third-order valence-corrected chi connectivity index (χ3v) is 2.95. The van der Waals surface area contributed by atoms with Crippen LogP contribution in [0.3, 0.4) is 0 Å². The smallest absolute Gasteiger partial charge is 0.329 e. The van der Waals surface area contributed by atoms with Crippen LogP contribution in [-0.4, -0.2) is 39.7 Å². The van der Waals surface area contributed by atoms with Gasteiger partial charge < -0.3 is 10.0 Å². The summed E-state index contributed by atoms with van der Waals surface area (Å²) >= 11 is 3.97. The standard InChI is InChI=1S/C9H15NO3S/c1-9(8(12)13)4-2-5-10(9)7(11)3-6-14/h14H,2-6H2,1H3,(H,12,13)/t9-/m0/s1. The van der Waals surface area contributed by atoms with E-state index in [1.807, 2.05) is 0 Å². The fraction of sp³-hybridized carbons (Fsp3) is 0.778. The van der Waals surface area contributed by atoms with Gasteiger partial charge in [0.25, 0.3) is 0 Å². The summed E-state index contributed by atoms with van der Waals surface area (Å²) in [5.74, 6) is -0.560. The van der Waals surface area contributed by atoms with Crippen LogP contribution in [0.2, 0.25) is 0 Å². The molecule has 1 aliphatic heterocycles. The molecule has 0 aromatic heterocycles. The minimum atomic E-state index is -1.000. The summed E-state index contributed by atoms with van der Waals surface area (Å²) < 4.78 is 0. The lowest BCUT2D eigenvalue weighted by molar-refractivity contribution is -0.155. The van der Waals surface area contributed by atoms with Crippen molar-refractivity contribution in [2.75, 3.05) is 12.3 Å². The molecule has 1 amide bonds. The van der Waals surface area contributed by atoms with E-state index in [0.29, 0.717) is 25.1 Å². The minimum absolute atomic E-state index is 0.109. The molecule has 1 heterocycles. The maximum absolute atomic E-state index is 11.6. The van der Waals surface area contributed by atoms with E-state index < -0.39 is 11.5 Å². The van der Waals surface area contributed by atoms with Crippen LogP contribution in [0, 0.1) is 0 Å². The highest BCUT2D eigenvalue weighted by atomic mass is 32.1. The summed E-state index contributed by atoms with van der Waals surface area (Å²) in [6.07, 6.45) is 1.62. The highest BCUT2D eigenvalue weighted by Crippen LogP contribution is 2.29. The first-order valence-corrected chi connectivity index (χ1v) is 5.30. The Bertz CT molecular complexity index is 256. The van der Waals surface area contributed by atoms with E-state index in [2.05, 4.69) is 12.6 Å². The zero-order valence-electron chi connectivity index (χ0n) is 8.19.